The zero-order chi connectivity index (χ0) is 14.5. The van der Waals surface area contributed by atoms with E-state index in [9.17, 15) is 9.18 Å². The molecule has 1 aromatic carbocycles. The lowest BCUT2D eigenvalue weighted by Crippen LogP contribution is -2.39. The zero-order valence-corrected chi connectivity index (χ0v) is 12.4. The SMILES string of the molecule is CCCNCC(=O)N(Cc1c(F)cccc1Cl)C1CC1. The zero-order valence-electron chi connectivity index (χ0n) is 11.7. The number of nitrogens with zero attached hydrogens (tertiary/aromatic N) is 1. The molecule has 0 aliphatic heterocycles. The molecule has 0 unspecified atom stereocenters. The molecular formula is C15H20ClFN2O. The molecule has 1 aliphatic carbocycles. The molecule has 0 bridgehead atoms. The Hall–Kier alpha value is -1.13. The minimum atomic E-state index is -0.350. The number of halogens is 2. The molecule has 110 valence electrons. The highest BCUT2D eigenvalue weighted by molar-refractivity contribution is 6.31. The first kappa shape index (κ1) is 15.3. The van der Waals surface area contributed by atoms with E-state index in [2.05, 4.69) is 12.2 Å². The number of carbonyl (C=O) groups is 1. The fourth-order valence-electron chi connectivity index (χ4n) is 2.13. The standard InChI is InChI=1S/C15H20ClFN2O/c1-2-8-18-9-15(20)19(11-6-7-11)10-12-13(16)4-3-5-14(12)17/h3-5,11,18H,2,6-10H2,1H3. The van der Waals surface area contributed by atoms with E-state index in [1.807, 2.05) is 0 Å². The molecule has 3 nitrogen and oxygen atoms in total. The maximum Gasteiger partial charge on any atom is 0.237 e. The van der Waals surface area contributed by atoms with Gasteiger partial charge in [-0.1, -0.05) is 24.6 Å². The third-order valence-corrected chi connectivity index (χ3v) is 3.76. The predicted octanol–water partition coefficient (Wildman–Crippen LogP) is 2.97. The molecule has 0 aromatic heterocycles. The van der Waals surface area contributed by atoms with Crippen molar-refractivity contribution in [2.75, 3.05) is 13.1 Å². The highest BCUT2D eigenvalue weighted by Gasteiger charge is 2.33. The van der Waals surface area contributed by atoms with Crippen LogP contribution >= 0.6 is 11.6 Å². The summed E-state index contributed by atoms with van der Waals surface area (Å²) in [6.45, 7) is 3.42. The highest BCUT2D eigenvalue weighted by atomic mass is 35.5. The van der Waals surface area contributed by atoms with Crippen LogP contribution in [0.15, 0.2) is 18.2 Å². The van der Waals surface area contributed by atoms with Crippen LogP contribution in [0.3, 0.4) is 0 Å². The number of rotatable bonds is 7. The molecule has 0 atom stereocenters. The van der Waals surface area contributed by atoms with Crippen LogP contribution in [-0.4, -0.2) is 29.9 Å². The molecule has 0 saturated heterocycles. The molecule has 0 heterocycles. The number of hydrogen-bond acceptors (Lipinski definition) is 2. The molecule has 0 radical (unpaired) electrons. The van der Waals surface area contributed by atoms with Crippen LogP contribution in [0.5, 0.6) is 0 Å². The lowest BCUT2D eigenvalue weighted by molar-refractivity contribution is -0.131. The van der Waals surface area contributed by atoms with E-state index in [-0.39, 0.29) is 24.3 Å². The van der Waals surface area contributed by atoms with Gasteiger partial charge in [0, 0.05) is 16.6 Å². The highest BCUT2D eigenvalue weighted by Crippen LogP contribution is 2.30. The Kier molecular flexibility index (Phi) is 5.38. The van der Waals surface area contributed by atoms with E-state index < -0.39 is 0 Å². The maximum atomic E-state index is 13.8. The smallest absolute Gasteiger partial charge is 0.237 e. The van der Waals surface area contributed by atoms with Gasteiger partial charge in [-0.2, -0.15) is 0 Å². The van der Waals surface area contributed by atoms with Gasteiger partial charge in [-0.15, -0.1) is 0 Å². The number of amides is 1. The minimum Gasteiger partial charge on any atom is -0.334 e. The molecule has 5 heteroatoms. The quantitative estimate of drug-likeness (QED) is 0.785. The number of hydrogen-bond donors (Lipinski definition) is 1. The summed E-state index contributed by atoms with van der Waals surface area (Å²) in [4.78, 5) is 14.0. The summed E-state index contributed by atoms with van der Waals surface area (Å²) in [5, 5.41) is 3.47. The summed E-state index contributed by atoms with van der Waals surface area (Å²) in [6.07, 6.45) is 2.97. The van der Waals surface area contributed by atoms with Crippen molar-refractivity contribution in [2.24, 2.45) is 0 Å². The largest absolute Gasteiger partial charge is 0.334 e. The second kappa shape index (κ2) is 7.04. The van der Waals surface area contributed by atoms with Crippen LogP contribution in [0.1, 0.15) is 31.7 Å². The van der Waals surface area contributed by atoms with E-state index in [0.29, 0.717) is 17.1 Å². The monoisotopic (exact) mass is 298 g/mol. The molecule has 2 rings (SSSR count). The van der Waals surface area contributed by atoms with Crippen molar-refractivity contribution in [1.29, 1.82) is 0 Å². The summed E-state index contributed by atoms with van der Waals surface area (Å²) in [7, 11) is 0. The Balaban J connectivity index is 2.04. The van der Waals surface area contributed by atoms with Crippen molar-refractivity contribution >= 4 is 17.5 Å². The Morgan fingerprint density at radius 2 is 2.25 bits per heavy atom. The number of benzene rings is 1. The van der Waals surface area contributed by atoms with Crippen molar-refractivity contribution < 1.29 is 9.18 Å². The van der Waals surface area contributed by atoms with Crippen LogP contribution in [0.2, 0.25) is 5.02 Å². The first-order valence-corrected chi connectivity index (χ1v) is 7.44. The van der Waals surface area contributed by atoms with Crippen LogP contribution in [-0.2, 0) is 11.3 Å². The average molecular weight is 299 g/mol. The van der Waals surface area contributed by atoms with Gasteiger partial charge in [0.05, 0.1) is 13.1 Å². The van der Waals surface area contributed by atoms with Gasteiger partial charge in [0.1, 0.15) is 5.82 Å². The second-order valence-electron chi connectivity index (χ2n) is 5.13. The van der Waals surface area contributed by atoms with Gasteiger partial charge in [-0.25, -0.2) is 4.39 Å². The Bertz CT molecular complexity index is 457. The van der Waals surface area contributed by atoms with Crippen LogP contribution in [0, 0.1) is 5.82 Å². The van der Waals surface area contributed by atoms with Crippen molar-refractivity contribution in [3.63, 3.8) is 0 Å². The topological polar surface area (TPSA) is 32.3 Å². The van der Waals surface area contributed by atoms with E-state index in [0.717, 1.165) is 25.8 Å². The van der Waals surface area contributed by atoms with Crippen molar-refractivity contribution in [2.45, 2.75) is 38.8 Å². The van der Waals surface area contributed by atoms with E-state index in [1.165, 1.54) is 6.07 Å². The molecule has 1 saturated carbocycles. The van der Waals surface area contributed by atoms with E-state index in [1.54, 1.807) is 17.0 Å². The molecule has 1 aromatic rings. The van der Waals surface area contributed by atoms with Gasteiger partial charge in [-0.05, 0) is 37.9 Å². The Morgan fingerprint density at radius 1 is 1.50 bits per heavy atom. The fourth-order valence-corrected chi connectivity index (χ4v) is 2.36. The number of carbonyl (C=O) groups excluding carboxylic acids is 1. The minimum absolute atomic E-state index is 0.0141. The van der Waals surface area contributed by atoms with Gasteiger partial charge < -0.3 is 10.2 Å². The van der Waals surface area contributed by atoms with Crippen molar-refractivity contribution in [1.82, 2.24) is 10.2 Å². The van der Waals surface area contributed by atoms with Crippen LogP contribution in [0.25, 0.3) is 0 Å². The van der Waals surface area contributed by atoms with Gasteiger partial charge in [0.25, 0.3) is 0 Å². The summed E-state index contributed by atoms with van der Waals surface area (Å²) >= 11 is 6.04. The van der Waals surface area contributed by atoms with Crippen LogP contribution < -0.4 is 5.32 Å². The molecule has 20 heavy (non-hydrogen) atoms. The molecule has 1 aliphatic rings. The van der Waals surface area contributed by atoms with E-state index >= 15 is 0 Å². The average Bonchev–Trinajstić information content (AvgIpc) is 3.23. The third kappa shape index (κ3) is 3.93. The van der Waals surface area contributed by atoms with Gasteiger partial charge in [-0.3, -0.25) is 4.79 Å². The molecule has 1 amide bonds. The molecular weight excluding hydrogens is 279 g/mol. The molecule has 1 fully saturated rings. The summed E-state index contributed by atoms with van der Waals surface area (Å²) in [6, 6.07) is 4.85. The van der Waals surface area contributed by atoms with Crippen molar-refractivity contribution in [3.8, 4) is 0 Å². The first-order valence-electron chi connectivity index (χ1n) is 7.06. The lowest BCUT2D eigenvalue weighted by Gasteiger charge is -2.23. The first-order chi connectivity index (χ1) is 9.63. The second-order valence-corrected chi connectivity index (χ2v) is 5.54. The van der Waals surface area contributed by atoms with Gasteiger partial charge in [0.2, 0.25) is 5.91 Å². The van der Waals surface area contributed by atoms with Crippen molar-refractivity contribution in [3.05, 3.63) is 34.6 Å². The van der Waals surface area contributed by atoms with E-state index in [4.69, 9.17) is 11.6 Å². The summed E-state index contributed by atoms with van der Waals surface area (Å²) in [5.74, 6) is -0.335. The Labute approximate surface area is 124 Å². The number of nitrogens with one attached hydrogen (secondary N) is 1. The molecule has 0 spiro atoms. The Morgan fingerprint density at radius 3 is 2.85 bits per heavy atom. The molecule has 1 N–H and O–H groups in total. The summed E-state index contributed by atoms with van der Waals surface area (Å²) < 4.78 is 13.8. The van der Waals surface area contributed by atoms with Crippen LogP contribution in [0.4, 0.5) is 4.39 Å². The normalized spacial score (nSPS) is 14.3. The lowest BCUT2D eigenvalue weighted by atomic mass is 10.2. The van der Waals surface area contributed by atoms with Gasteiger partial charge >= 0.3 is 0 Å². The third-order valence-electron chi connectivity index (χ3n) is 3.40. The maximum absolute atomic E-state index is 13.8. The fraction of sp³-hybridized carbons (Fsp3) is 0.533. The van der Waals surface area contributed by atoms with Gasteiger partial charge in [0.15, 0.2) is 0 Å². The predicted molar refractivity (Wildman–Crippen MR) is 78.1 cm³/mol. The summed E-state index contributed by atoms with van der Waals surface area (Å²) in [5.41, 5.74) is 0.407.